The van der Waals surface area contributed by atoms with E-state index in [0.29, 0.717) is 6.17 Å². The van der Waals surface area contributed by atoms with Crippen LogP contribution < -0.4 is 9.13 Å². The number of nitrogens with zero attached hydrogens (tertiary/aromatic N) is 7. The highest BCUT2D eigenvalue weighted by atomic mass is 15.4. The van der Waals surface area contributed by atoms with Gasteiger partial charge in [0.1, 0.15) is 23.8 Å². The van der Waals surface area contributed by atoms with Crippen LogP contribution in [0.3, 0.4) is 0 Å². The Balaban J connectivity index is 0.000000232. The summed E-state index contributed by atoms with van der Waals surface area (Å²) in [5.74, 6) is 2.64. The summed E-state index contributed by atoms with van der Waals surface area (Å²) in [5, 5.41) is 0. The zero-order chi connectivity index (χ0) is 26.0. The number of rotatable bonds is 2. The molecule has 1 unspecified atom stereocenters. The Hall–Kier alpha value is -3.03. The van der Waals surface area contributed by atoms with E-state index in [0.717, 1.165) is 13.1 Å². The number of aromatic nitrogens is 6. The summed E-state index contributed by atoms with van der Waals surface area (Å²) in [6, 6.07) is 0. The molecule has 8 heteroatoms. The van der Waals surface area contributed by atoms with Crippen LogP contribution in [-0.4, -0.2) is 49.2 Å². The van der Waals surface area contributed by atoms with Crippen molar-refractivity contribution in [2.75, 3.05) is 14.1 Å². The molecular formula is C26H48N8+2. The van der Waals surface area contributed by atoms with Gasteiger partial charge in [0.15, 0.2) is 0 Å². The predicted octanol–water partition coefficient (Wildman–Crippen LogP) is 3.38. The number of hydrogen-bond donors (Lipinski definition) is 1. The summed E-state index contributed by atoms with van der Waals surface area (Å²) in [7, 11) is 8.38. The molecule has 3 aromatic heterocycles. The molecule has 4 heterocycles. The van der Waals surface area contributed by atoms with Gasteiger partial charge in [-0.2, -0.15) is 0 Å². The van der Waals surface area contributed by atoms with Crippen LogP contribution in [0.1, 0.15) is 50.7 Å². The van der Waals surface area contributed by atoms with Gasteiger partial charge in [-0.05, 0) is 27.7 Å². The average molecular weight is 473 g/mol. The maximum absolute atomic E-state index is 3.67. The lowest BCUT2D eigenvalue weighted by atomic mass is 10.5. The highest BCUT2D eigenvalue weighted by Crippen LogP contribution is 2.16. The molecule has 4 rings (SSSR count). The fraction of sp³-hybridized carbons (Fsp3) is 0.577. The van der Waals surface area contributed by atoms with Crippen molar-refractivity contribution in [2.45, 2.75) is 74.6 Å². The molecule has 0 saturated carbocycles. The zero-order valence-corrected chi connectivity index (χ0v) is 23.6. The average Bonchev–Trinajstić information content (AvgIpc) is 3.56. The summed E-state index contributed by atoms with van der Waals surface area (Å²) < 4.78 is 8.89. The van der Waals surface area contributed by atoms with Gasteiger partial charge in [0.05, 0.1) is 39.7 Å². The minimum absolute atomic E-state index is 0.532. The molecule has 8 nitrogen and oxygen atoms in total. The normalized spacial score (nSPS) is 14.5. The molecule has 0 amide bonds. The molecule has 1 N–H and O–H groups in total. The number of aryl methyl sites for hydroxylation is 4. The maximum atomic E-state index is 3.67. The Kier molecular flexibility index (Phi) is 11.6. The fourth-order valence-electron chi connectivity index (χ4n) is 3.82. The molecule has 0 bridgehead atoms. The molecule has 0 fully saturated rings. The van der Waals surface area contributed by atoms with Crippen LogP contribution in [0.5, 0.6) is 0 Å². The van der Waals surface area contributed by atoms with Crippen molar-refractivity contribution in [1.29, 1.82) is 0 Å². The number of nitrogens with one attached hydrogen (secondary N) is 1. The first-order valence-corrected chi connectivity index (χ1v) is 12.1. The van der Waals surface area contributed by atoms with Gasteiger partial charge in [-0.15, -0.1) is 0 Å². The standard InChI is InChI=1S/2C8H15N2.C7H14N2.C3H4N2/c1-5-10-6-7(2)9(4)8(10)3;1-5-10-7(2)6-9(4)8(10)3;1-6-5-8(3)7(2)9(6)4;1-2-5-3-4-1/h2*6H,5H2,1-4H3;5,7H,1-4H3;1-3H,(H,4,5)/q2*+1;;. The third kappa shape index (κ3) is 7.78. The van der Waals surface area contributed by atoms with E-state index in [2.05, 4.69) is 140 Å². The number of imidazole rings is 3. The molecule has 1 aliphatic rings. The SMILES string of the molecule is CC1=CN(C)C(C)N1C.CC[n+]1cc(C)n(C)c1C.CCn1c(C)c[n+](C)c1C.c1c[nH]cn1. The van der Waals surface area contributed by atoms with Gasteiger partial charge in [-0.1, -0.05) is 0 Å². The van der Waals surface area contributed by atoms with Crippen molar-refractivity contribution in [3.05, 3.63) is 66.0 Å². The van der Waals surface area contributed by atoms with Crippen LogP contribution in [0.25, 0.3) is 0 Å². The molecule has 0 aromatic carbocycles. The second-order valence-electron chi connectivity index (χ2n) is 8.77. The Labute approximate surface area is 207 Å². The summed E-state index contributed by atoms with van der Waals surface area (Å²) in [5.41, 5.74) is 3.99. The third-order valence-corrected chi connectivity index (χ3v) is 6.64. The van der Waals surface area contributed by atoms with E-state index < -0.39 is 0 Å². The van der Waals surface area contributed by atoms with Gasteiger partial charge < -0.3 is 14.8 Å². The predicted molar refractivity (Wildman–Crippen MR) is 139 cm³/mol. The largest absolute Gasteiger partial charge is 0.359 e. The quantitative estimate of drug-likeness (QED) is 0.582. The van der Waals surface area contributed by atoms with E-state index in [4.69, 9.17) is 0 Å². The van der Waals surface area contributed by atoms with Crippen molar-refractivity contribution in [3.63, 3.8) is 0 Å². The molecule has 190 valence electrons. The number of H-pyrrole nitrogens is 1. The van der Waals surface area contributed by atoms with Crippen molar-refractivity contribution in [1.82, 2.24) is 28.9 Å². The minimum Gasteiger partial charge on any atom is -0.359 e. The highest BCUT2D eigenvalue weighted by Gasteiger charge is 2.18. The van der Waals surface area contributed by atoms with Gasteiger partial charge in [0.2, 0.25) is 0 Å². The van der Waals surface area contributed by atoms with Crippen LogP contribution in [0.15, 0.2) is 43.0 Å². The first-order valence-electron chi connectivity index (χ1n) is 12.1. The number of hydrogen-bond acceptors (Lipinski definition) is 3. The molecule has 0 saturated heterocycles. The lowest BCUT2D eigenvalue weighted by Crippen LogP contribution is -2.33. The summed E-state index contributed by atoms with van der Waals surface area (Å²) in [6.45, 7) is 19.3. The molecular weight excluding hydrogens is 424 g/mol. The highest BCUT2D eigenvalue weighted by molar-refractivity contribution is 5.03. The van der Waals surface area contributed by atoms with Crippen LogP contribution in [0.2, 0.25) is 0 Å². The Morgan fingerprint density at radius 1 is 0.971 bits per heavy atom. The van der Waals surface area contributed by atoms with Crippen LogP contribution in [0.4, 0.5) is 0 Å². The second kappa shape index (κ2) is 13.6. The lowest BCUT2D eigenvalue weighted by Gasteiger charge is -2.24. The van der Waals surface area contributed by atoms with E-state index in [-0.39, 0.29) is 0 Å². The van der Waals surface area contributed by atoms with Crippen molar-refractivity contribution in [3.8, 4) is 0 Å². The van der Waals surface area contributed by atoms with Gasteiger partial charge in [0.25, 0.3) is 11.6 Å². The van der Waals surface area contributed by atoms with Gasteiger partial charge in [-0.25, -0.2) is 23.3 Å². The van der Waals surface area contributed by atoms with Crippen molar-refractivity contribution < 1.29 is 9.13 Å². The second-order valence-corrected chi connectivity index (χ2v) is 8.77. The lowest BCUT2D eigenvalue weighted by molar-refractivity contribution is -0.699. The van der Waals surface area contributed by atoms with Crippen molar-refractivity contribution in [2.24, 2.45) is 14.1 Å². The van der Waals surface area contributed by atoms with Crippen LogP contribution >= 0.6 is 0 Å². The third-order valence-electron chi connectivity index (χ3n) is 6.64. The number of aromatic amines is 1. The molecule has 0 aliphatic carbocycles. The number of allylic oxidation sites excluding steroid dienone is 1. The van der Waals surface area contributed by atoms with Crippen LogP contribution in [-0.2, 0) is 27.2 Å². The first-order chi connectivity index (χ1) is 16.0. The molecule has 34 heavy (non-hydrogen) atoms. The Morgan fingerprint density at radius 3 is 1.79 bits per heavy atom. The fourth-order valence-corrected chi connectivity index (χ4v) is 3.82. The Morgan fingerprint density at radius 2 is 1.62 bits per heavy atom. The molecule has 3 aromatic rings. The topological polar surface area (TPSA) is 52.8 Å². The van der Waals surface area contributed by atoms with Gasteiger partial charge in [0, 0.05) is 66.1 Å². The van der Waals surface area contributed by atoms with E-state index >= 15 is 0 Å². The maximum Gasteiger partial charge on any atom is 0.253 e. The molecule has 0 spiro atoms. The summed E-state index contributed by atoms with van der Waals surface area (Å²) in [6.07, 6.45) is 12.1. The van der Waals surface area contributed by atoms with E-state index in [1.807, 2.05) is 0 Å². The van der Waals surface area contributed by atoms with E-state index in [1.54, 1.807) is 18.7 Å². The summed E-state index contributed by atoms with van der Waals surface area (Å²) >= 11 is 0. The molecule has 1 atom stereocenters. The Bertz CT molecular complexity index is 993. The van der Waals surface area contributed by atoms with Gasteiger partial charge in [-0.3, -0.25) is 0 Å². The van der Waals surface area contributed by atoms with E-state index in [1.165, 1.54) is 28.7 Å². The van der Waals surface area contributed by atoms with Crippen molar-refractivity contribution >= 4 is 0 Å². The molecule has 1 aliphatic heterocycles. The monoisotopic (exact) mass is 472 g/mol. The summed E-state index contributed by atoms with van der Waals surface area (Å²) in [4.78, 5) is 10.9. The minimum atomic E-state index is 0.532. The van der Waals surface area contributed by atoms with Gasteiger partial charge >= 0.3 is 0 Å². The first kappa shape index (κ1) is 29.0. The van der Waals surface area contributed by atoms with E-state index in [9.17, 15) is 0 Å². The molecule has 0 radical (unpaired) electrons. The smallest absolute Gasteiger partial charge is 0.253 e. The zero-order valence-electron chi connectivity index (χ0n) is 23.6. The van der Waals surface area contributed by atoms with Crippen LogP contribution in [0, 0.1) is 27.7 Å².